The molecular formula is C31H30N2O3. The van der Waals surface area contributed by atoms with E-state index in [-0.39, 0.29) is 22.8 Å². The zero-order valence-electron chi connectivity index (χ0n) is 20.8. The number of allylic oxidation sites excluding steroid dienone is 2. The number of nitrogens with zero attached hydrogens (tertiary/aromatic N) is 1. The summed E-state index contributed by atoms with van der Waals surface area (Å²) in [6.45, 7) is 4.18. The molecular weight excluding hydrogens is 448 g/mol. The highest BCUT2D eigenvalue weighted by Crippen LogP contribution is 2.51. The lowest BCUT2D eigenvalue weighted by Gasteiger charge is -2.47. The lowest BCUT2D eigenvalue weighted by molar-refractivity contribution is -0.118. The van der Waals surface area contributed by atoms with E-state index >= 15 is 0 Å². The first-order chi connectivity index (χ1) is 17.3. The van der Waals surface area contributed by atoms with Crippen molar-refractivity contribution in [3.8, 4) is 5.75 Å². The van der Waals surface area contributed by atoms with Crippen LogP contribution in [0, 0.1) is 16.7 Å². The molecule has 0 bridgehead atoms. The highest BCUT2D eigenvalue weighted by Gasteiger charge is 2.50. The standard InChI is InChI=1S/C31H30N2O3/c1-31(2)18-24-27(25(34)19-31)26(20-14-16-23(36-3)17-15-20)28(29(35)21-10-6-4-7-11-21)30(32)33(24)22-12-8-5-9-13-22/h4-17,26,28,32H,18-19H2,1-3H3. The molecule has 182 valence electrons. The molecule has 0 saturated heterocycles. The molecule has 1 aliphatic carbocycles. The van der Waals surface area contributed by atoms with Crippen LogP contribution in [0.15, 0.2) is 96.2 Å². The number of ketones is 2. The number of ether oxygens (including phenoxy) is 1. The van der Waals surface area contributed by atoms with Crippen LogP contribution in [-0.4, -0.2) is 24.5 Å². The third-order valence-corrected chi connectivity index (χ3v) is 7.18. The smallest absolute Gasteiger partial charge is 0.174 e. The molecule has 5 rings (SSSR count). The Labute approximate surface area is 211 Å². The molecule has 2 atom stereocenters. The number of carbonyl (C=O) groups excluding carboxylic acids is 2. The summed E-state index contributed by atoms with van der Waals surface area (Å²) >= 11 is 0. The Morgan fingerprint density at radius 1 is 0.917 bits per heavy atom. The number of anilines is 1. The van der Waals surface area contributed by atoms with Crippen LogP contribution in [0.25, 0.3) is 0 Å². The molecule has 0 saturated carbocycles. The molecule has 2 aliphatic rings. The molecule has 0 fully saturated rings. The zero-order chi connectivity index (χ0) is 25.4. The van der Waals surface area contributed by atoms with Gasteiger partial charge in [-0.15, -0.1) is 0 Å². The number of carbonyl (C=O) groups is 2. The van der Waals surface area contributed by atoms with Crippen LogP contribution < -0.4 is 9.64 Å². The molecule has 1 N–H and O–H groups in total. The molecule has 1 aliphatic heterocycles. The second-order valence-corrected chi connectivity index (χ2v) is 10.3. The summed E-state index contributed by atoms with van der Waals surface area (Å²) in [6, 6.07) is 26.3. The number of rotatable bonds is 5. The number of hydrogen-bond donors (Lipinski definition) is 1. The summed E-state index contributed by atoms with van der Waals surface area (Å²) in [5, 5.41) is 9.43. The highest BCUT2D eigenvalue weighted by atomic mass is 16.5. The molecule has 3 aromatic rings. The van der Waals surface area contributed by atoms with E-state index in [1.165, 1.54) is 0 Å². The first-order valence-corrected chi connectivity index (χ1v) is 12.2. The van der Waals surface area contributed by atoms with Gasteiger partial charge in [0.2, 0.25) is 0 Å². The molecule has 5 nitrogen and oxygen atoms in total. The molecule has 0 spiro atoms. The number of methoxy groups -OCH3 is 1. The number of nitrogens with one attached hydrogen (secondary N) is 1. The molecule has 0 radical (unpaired) electrons. The van der Waals surface area contributed by atoms with Gasteiger partial charge < -0.3 is 9.64 Å². The first-order valence-electron chi connectivity index (χ1n) is 12.2. The normalized spacial score (nSPS) is 21.2. The SMILES string of the molecule is COc1ccc(C2C3=C(CC(C)(C)CC3=O)N(c3ccccc3)C(=N)C2C(=O)c2ccccc2)cc1. The Bertz CT molecular complexity index is 1340. The highest BCUT2D eigenvalue weighted by molar-refractivity contribution is 6.20. The van der Waals surface area contributed by atoms with Gasteiger partial charge in [-0.1, -0.05) is 74.5 Å². The summed E-state index contributed by atoms with van der Waals surface area (Å²) in [5.74, 6) is -0.612. The van der Waals surface area contributed by atoms with Crippen molar-refractivity contribution in [3.05, 3.63) is 107 Å². The minimum Gasteiger partial charge on any atom is -0.497 e. The van der Waals surface area contributed by atoms with Crippen molar-refractivity contribution in [1.29, 1.82) is 5.41 Å². The molecule has 1 heterocycles. The van der Waals surface area contributed by atoms with Gasteiger partial charge in [0.25, 0.3) is 0 Å². The monoisotopic (exact) mass is 478 g/mol. The summed E-state index contributed by atoms with van der Waals surface area (Å²) in [4.78, 5) is 29.8. The van der Waals surface area contributed by atoms with E-state index < -0.39 is 11.8 Å². The Balaban J connectivity index is 1.77. The fourth-order valence-electron chi connectivity index (χ4n) is 5.56. The van der Waals surface area contributed by atoms with Crippen LogP contribution in [0.3, 0.4) is 0 Å². The maximum atomic E-state index is 14.1. The van der Waals surface area contributed by atoms with Crippen LogP contribution in [0.2, 0.25) is 0 Å². The first kappa shape index (κ1) is 23.7. The van der Waals surface area contributed by atoms with Crippen LogP contribution in [0.1, 0.15) is 48.5 Å². The zero-order valence-corrected chi connectivity index (χ0v) is 20.8. The lowest BCUT2D eigenvalue weighted by atomic mass is 9.65. The number of benzene rings is 3. The van der Waals surface area contributed by atoms with Crippen LogP contribution in [0.4, 0.5) is 5.69 Å². The third-order valence-electron chi connectivity index (χ3n) is 7.18. The van der Waals surface area contributed by atoms with Crippen LogP contribution in [0.5, 0.6) is 5.75 Å². The van der Waals surface area contributed by atoms with Crippen LogP contribution >= 0.6 is 0 Å². The molecule has 3 aromatic carbocycles. The van der Waals surface area contributed by atoms with Gasteiger partial charge in [0, 0.05) is 34.9 Å². The lowest BCUT2D eigenvalue weighted by Crippen LogP contribution is -2.50. The minimum absolute atomic E-state index is 0.0429. The Morgan fingerprint density at radius 2 is 1.53 bits per heavy atom. The van der Waals surface area contributed by atoms with Gasteiger partial charge in [-0.3, -0.25) is 15.0 Å². The van der Waals surface area contributed by atoms with E-state index in [1.807, 2.05) is 77.7 Å². The van der Waals surface area contributed by atoms with Crippen molar-refractivity contribution in [2.24, 2.45) is 11.3 Å². The third kappa shape index (κ3) is 4.15. The number of hydrogen-bond acceptors (Lipinski definition) is 4. The van der Waals surface area contributed by atoms with Crippen molar-refractivity contribution < 1.29 is 14.3 Å². The van der Waals surface area contributed by atoms with E-state index in [9.17, 15) is 15.0 Å². The van der Waals surface area contributed by atoms with E-state index in [1.54, 1.807) is 19.2 Å². The summed E-state index contributed by atoms with van der Waals surface area (Å²) in [5.41, 5.74) is 3.39. The average Bonchev–Trinajstić information content (AvgIpc) is 2.88. The van der Waals surface area contributed by atoms with E-state index in [4.69, 9.17) is 4.74 Å². The van der Waals surface area contributed by atoms with E-state index in [0.29, 0.717) is 29.7 Å². The number of amidine groups is 1. The summed E-state index contributed by atoms with van der Waals surface area (Å²) in [6.07, 6.45) is 1.05. The van der Waals surface area contributed by atoms with Crippen molar-refractivity contribution in [2.45, 2.75) is 32.6 Å². The van der Waals surface area contributed by atoms with Crippen molar-refractivity contribution in [2.75, 3.05) is 12.0 Å². The second-order valence-electron chi connectivity index (χ2n) is 10.3. The van der Waals surface area contributed by atoms with Gasteiger partial charge in [-0.05, 0) is 41.7 Å². The molecule has 36 heavy (non-hydrogen) atoms. The largest absolute Gasteiger partial charge is 0.497 e. The fourth-order valence-corrected chi connectivity index (χ4v) is 5.56. The quantitative estimate of drug-likeness (QED) is 0.430. The van der Waals surface area contributed by atoms with Gasteiger partial charge in [0.05, 0.1) is 13.0 Å². The second kappa shape index (κ2) is 9.23. The fraction of sp³-hybridized carbons (Fsp3) is 0.258. The summed E-state index contributed by atoms with van der Waals surface area (Å²) < 4.78 is 5.35. The predicted molar refractivity (Wildman–Crippen MR) is 142 cm³/mol. The topological polar surface area (TPSA) is 70.5 Å². The molecule has 5 heteroatoms. The van der Waals surface area contributed by atoms with Crippen LogP contribution in [-0.2, 0) is 4.79 Å². The van der Waals surface area contributed by atoms with Gasteiger partial charge in [-0.25, -0.2) is 0 Å². The number of para-hydroxylation sites is 1. The van der Waals surface area contributed by atoms with Gasteiger partial charge >= 0.3 is 0 Å². The Hall–Kier alpha value is -3.99. The van der Waals surface area contributed by atoms with Crippen molar-refractivity contribution in [3.63, 3.8) is 0 Å². The number of Topliss-reactive ketones (excluding diaryl/α,β-unsaturated/α-hetero) is 2. The maximum absolute atomic E-state index is 14.1. The predicted octanol–water partition coefficient (Wildman–Crippen LogP) is 6.42. The van der Waals surface area contributed by atoms with Crippen molar-refractivity contribution in [1.82, 2.24) is 0 Å². The molecule has 0 amide bonds. The summed E-state index contributed by atoms with van der Waals surface area (Å²) in [7, 11) is 1.61. The van der Waals surface area contributed by atoms with Gasteiger partial charge in [0.1, 0.15) is 11.6 Å². The minimum atomic E-state index is -0.843. The van der Waals surface area contributed by atoms with E-state index in [0.717, 1.165) is 16.9 Å². The van der Waals surface area contributed by atoms with E-state index in [2.05, 4.69) is 13.8 Å². The van der Waals surface area contributed by atoms with Gasteiger partial charge in [-0.2, -0.15) is 0 Å². The Kier molecular flexibility index (Phi) is 6.09. The average molecular weight is 479 g/mol. The molecule has 0 aromatic heterocycles. The maximum Gasteiger partial charge on any atom is 0.174 e. The molecule has 2 unspecified atom stereocenters. The van der Waals surface area contributed by atoms with Crippen molar-refractivity contribution >= 4 is 23.1 Å². The van der Waals surface area contributed by atoms with Gasteiger partial charge in [0.15, 0.2) is 11.6 Å². The Morgan fingerprint density at radius 3 is 2.14 bits per heavy atom.